The number of carbonyl (C=O) groups is 2. The summed E-state index contributed by atoms with van der Waals surface area (Å²) in [6, 6.07) is 10.6. The largest absolute Gasteiger partial charge is 0.462 e. The van der Waals surface area contributed by atoms with Gasteiger partial charge in [-0.25, -0.2) is 4.79 Å². The summed E-state index contributed by atoms with van der Waals surface area (Å²) in [6.07, 6.45) is 19.8. The van der Waals surface area contributed by atoms with Gasteiger partial charge < -0.3 is 24.8 Å². The first-order valence-electron chi connectivity index (χ1n) is 21.3. The number of aryl methyl sites for hydroxylation is 1. The van der Waals surface area contributed by atoms with Crippen LogP contribution in [0.1, 0.15) is 142 Å². The fourth-order valence-electron chi connectivity index (χ4n) is 12.9. The standard InChI is InChI=1S/C46H66O7/c1-32(13-12-16-33-14-6-4-7-15-33)21-25-44(50)28-27-42(2)30-37(53-41(49)35-17-8-5-9-18-35)40-43(3,36-19-10-11-20-36)24-23-38(47)46(40,44)45(42,51)26-22-34-29-39(48)52-31-34/h4,6-7,14-15,27-29,32,35-38,40,47,50-51H,5,8-13,16-26,30-31H2,1-3H3/t32-,37-,38-,40?,42-,43+,44-,45-,46+/m1/s1. The van der Waals surface area contributed by atoms with Gasteiger partial charge in [-0.3, -0.25) is 4.79 Å². The van der Waals surface area contributed by atoms with Crippen LogP contribution in [0.2, 0.25) is 0 Å². The van der Waals surface area contributed by atoms with Crippen LogP contribution < -0.4 is 0 Å². The molecular weight excluding hydrogens is 664 g/mol. The number of fused-ring (bicyclic) bond motifs is 1. The molecule has 7 rings (SSSR count). The van der Waals surface area contributed by atoms with Crippen LogP contribution in [0.4, 0.5) is 0 Å². The Bertz CT molecular complexity index is 1520. The van der Waals surface area contributed by atoms with Gasteiger partial charge in [0.2, 0.25) is 0 Å². The predicted octanol–water partition coefficient (Wildman–Crippen LogP) is 8.58. The number of aliphatic hydroxyl groups excluding tert-OH is 1. The predicted molar refractivity (Wildman–Crippen MR) is 206 cm³/mol. The van der Waals surface area contributed by atoms with Crippen LogP contribution in [-0.2, 0) is 25.5 Å². The van der Waals surface area contributed by atoms with Crippen molar-refractivity contribution >= 4 is 11.9 Å². The summed E-state index contributed by atoms with van der Waals surface area (Å²) in [5.74, 6) is -0.417. The molecule has 1 spiro atoms. The lowest BCUT2D eigenvalue weighted by Gasteiger charge is -2.76. The van der Waals surface area contributed by atoms with Crippen molar-refractivity contribution in [2.45, 2.75) is 166 Å². The molecule has 1 unspecified atom stereocenters. The summed E-state index contributed by atoms with van der Waals surface area (Å²) in [4.78, 5) is 26.3. The SMILES string of the molecule is C[C@H](CCCc1ccccc1)CC[C@@]1(O)C=C[C@]2(C)C[C@@H](OC(=O)C3CCCCC3)C3[C@](C)(C4CCCC4)CC[C@@H](O)[C@]31[C@@]2(O)CCC1=CC(=O)OC1. The van der Waals surface area contributed by atoms with E-state index < -0.39 is 40.2 Å². The second-order valence-electron chi connectivity index (χ2n) is 18.9. The molecule has 7 heteroatoms. The average Bonchev–Trinajstić information content (AvgIpc) is 3.85. The van der Waals surface area contributed by atoms with Gasteiger partial charge in [-0.2, -0.15) is 0 Å². The number of hydrogen-bond acceptors (Lipinski definition) is 7. The summed E-state index contributed by atoms with van der Waals surface area (Å²) in [6.45, 7) is 6.84. The quantitative estimate of drug-likeness (QED) is 0.138. The Kier molecular flexibility index (Phi) is 11.1. The third-order valence-corrected chi connectivity index (χ3v) is 15.8. The number of aliphatic hydroxyl groups is 3. The van der Waals surface area contributed by atoms with E-state index in [-0.39, 0.29) is 36.3 Å². The number of carbonyl (C=O) groups excluding carboxylic acids is 2. The van der Waals surface area contributed by atoms with Gasteiger partial charge in [0.25, 0.3) is 0 Å². The minimum atomic E-state index is -1.55. The van der Waals surface area contributed by atoms with Crippen LogP contribution in [0.5, 0.6) is 0 Å². The van der Waals surface area contributed by atoms with Crippen LogP contribution in [0, 0.1) is 39.9 Å². The highest BCUT2D eigenvalue weighted by atomic mass is 16.5. The highest BCUT2D eigenvalue weighted by molar-refractivity contribution is 5.85. The van der Waals surface area contributed by atoms with Crippen LogP contribution in [0.25, 0.3) is 0 Å². The molecule has 2 bridgehead atoms. The molecule has 9 atom stereocenters. The van der Waals surface area contributed by atoms with E-state index in [1.807, 2.05) is 25.1 Å². The average molecular weight is 731 g/mol. The highest BCUT2D eigenvalue weighted by Crippen LogP contribution is 2.75. The van der Waals surface area contributed by atoms with E-state index in [1.54, 1.807) is 0 Å². The summed E-state index contributed by atoms with van der Waals surface area (Å²) >= 11 is 0. The molecule has 7 nitrogen and oxygen atoms in total. The Balaban J connectivity index is 1.29. The Morgan fingerprint density at radius 3 is 2.34 bits per heavy atom. The topological polar surface area (TPSA) is 113 Å². The molecule has 4 saturated carbocycles. The Morgan fingerprint density at radius 1 is 0.925 bits per heavy atom. The molecule has 292 valence electrons. The number of cyclic esters (lactones) is 1. The minimum Gasteiger partial charge on any atom is -0.462 e. The summed E-state index contributed by atoms with van der Waals surface area (Å²) in [7, 11) is 0. The van der Waals surface area contributed by atoms with Crippen molar-refractivity contribution in [3.8, 4) is 0 Å². The molecule has 0 aromatic heterocycles. The van der Waals surface area contributed by atoms with E-state index in [1.165, 1.54) is 11.6 Å². The summed E-state index contributed by atoms with van der Waals surface area (Å²) in [5.41, 5.74) is -3.61. The first-order valence-corrected chi connectivity index (χ1v) is 21.3. The highest BCUT2D eigenvalue weighted by Gasteiger charge is 2.81. The third-order valence-electron chi connectivity index (χ3n) is 15.8. The van der Waals surface area contributed by atoms with Crippen molar-refractivity contribution in [1.82, 2.24) is 0 Å². The van der Waals surface area contributed by atoms with Crippen molar-refractivity contribution in [1.29, 1.82) is 0 Å². The Hall–Kier alpha value is -2.48. The van der Waals surface area contributed by atoms with Gasteiger partial charge >= 0.3 is 11.9 Å². The van der Waals surface area contributed by atoms with E-state index in [0.717, 1.165) is 95.5 Å². The zero-order chi connectivity index (χ0) is 37.5. The Morgan fingerprint density at radius 2 is 1.64 bits per heavy atom. The van der Waals surface area contributed by atoms with E-state index in [2.05, 4.69) is 38.1 Å². The maximum atomic E-state index is 14.2. The fourth-order valence-corrected chi connectivity index (χ4v) is 12.9. The van der Waals surface area contributed by atoms with Gasteiger partial charge in [0.15, 0.2) is 0 Å². The van der Waals surface area contributed by atoms with Gasteiger partial charge in [0.1, 0.15) is 12.7 Å². The number of benzene rings is 1. The van der Waals surface area contributed by atoms with Crippen LogP contribution in [0.3, 0.4) is 0 Å². The third kappa shape index (κ3) is 6.77. The number of esters is 2. The van der Waals surface area contributed by atoms with Crippen LogP contribution in [-0.4, -0.2) is 57.3 Å². The number of hydrogen-bond donors (Lipinski definition) is 3. The minimum absolute atomic E-state index is 0.127. The van der Waals surface area contributed by atoms with E-state index >= 15 is 0 Å². The smallest absolute Gasteiger partial charge is 0.331 e. The second-order valence-corrected chi connectivity index (χ2v) is 18.9. The van der Waals surface area contributed by atoms with Gasteiger partial charge in [0, 0.05) is 17.4 Å². The lowest BCUT2D eigenvalue weighted by atomic mass is 9.31. The van der Waals surface area contributed by atoms with Crippen molar-refractivity contribution in [3.05, 3.63) is 59.7 Å². The Labute approximate surface area is 318 Å². The monoisotopic (exact) mass is 730 g/mol. The first kappa shape index (κ1) is 38.8. The lowest BCUT2D eigenvalue weighted by Crippen LogP contribution is -2.83. The van der Waals surface area contributed by atoms with E-state index in [4.69, 9.17) is 9.47 Å². The molecule has 1 aromatic carbocycles. The molecular formula is C46H66O7. The molecule has 6 aliphatic rings. The van der Waals surface area contributed by atoms with Gasteiger partial charge in [-0.15, -0.1) is 0 Å². The maximum absolute atomic E-state index is 14.2. The van der Waals surface area contributed by atoms with Crippen LogP contribution >= 0.6 is 0 Å². The normalized spacial score (nSPS) is 39.3. The molecule has 0 radical (unpaired) electrons. The van der Waals surface area contributed by atoms with Crippen molar-refractivity contribution in [2.24, 2.45) is 39.9 Å². The molecule has 1 heterocycles. The molecule has 0 saturated heterocycles. The molecule has 1 aliphatic heterocycles. The zero-order valence-corrected chi connectivity index (χ0v) is 32.7. The molecule has 53 heavy (non-hydrogen) atoms. The fraction of sp³-hybridized carbons (Fsp3) is 0.739. The van der Waals surface area contributed by atoms with Gasteiger partial charge in [-0.05, 0) is 112 Å². The maximum Gasteiger partial charge on any atom is 0.331 e. The second kappa shape index (κ2) is 15.2. The zero-order valence-electron chi connectivity index (χ0n) is 32.7. The molecule has 0 amide bonds. The number of rotatable bonds is 13. The van der Waals surface area contributed by atoms with Crippen LogP contribution in [0.15, 0.2) is 54.1 Å². The van der Waals surface area contributed by atoms with Gasteiger partial charge in [0.05, 0.1) is 28.6 Å². The summed E-state index contributed by atoms with van der Waals surface area (Å²) < 4.78 is 12.1. The van der Waals surface area contributed by atoms with Gasteiger partial charge in [-0.1, -0.05) is 102 Å². The number of ether oxygens (including phenoxy) is 2. The van der Waals surface area contributed by atoms with E-state index in [9.17, 15) is 24.9 Å². The molecule has 4 fully saturated rings. The van der Waals surface area contributed by atoms with E-state index in [0.29, 0.717) is 37.5 Å². The molecule has 5 aliphatic carbocycles. The summed E-state index contributed by atoms with van der Waals surface area (Å²) in [5, 5.41) is 40.3. The lowest BCUT2D eigenvalue weighted by molar-refractivity contribution is -0.361. The molecule has 1 aromatic rings. The van der Waals surface area contributed by atoms with Crippen molar-refractivity contribution in [3.63, 3.8) is 0 Å². The first-order chi connectivity index (χ1) is 25.4. The molecule has 3 N–H and O–H groups in total. The van der Waals surface area contributed by atoms with Crippen molar-refractivity contribution in [2.75, 3.05) is 6.61 Å². The van der Waals surface area contributed by atoms with Crippen molar-refractivity contribution < 1.29 is 34.4 Å².